The molecule has 2 nitrogen and oxygen atoms in total. The van der Waals surface area contributed by atoms with Crippen molar-refractivity contribution in [1.82, 2.24) is 5.32 Å². The molecule has 2 atom stereocenters. The van der Waals surface area contributed by atoms with Gasteiger partial charge in [-0.2, -0.15) is 0 Å². The Balaban J connectivity index is 1.89. The number of hydrogen-bond acceptors (Lipinski definition) is 2. The molecule has 23 heavy (non-hydrogen) atoms. The van der Waals surface area contributed by atoms with Crippen LogP contribution in [0.5, 0.6) is 0 Å². The molecule has 0 aliphatic rings. The van der Waals surface area contributed by atoms with Gasteiger partial charge in [0.25, 0.3) is 0 Å². The second-order valence-corrected chi connectivity index (χ2v) is 6.51. The minimum Gasteiger partial charge on any atom is -0.349 e. The van der Waals surface area contributed by atoms with Crippen molar-refractivity contribution in [1.29, 1.82) is 0 Å². The lowest BCUT2D eigenvalue weighted by atomic mass is 10.1. The number of carbonyl (C=O) groups excluding carboxylic acids is 1. The Bertz CT molecular complexity index is 663. The van der Waals surface area contributed by atoms with E-state index in [0.717, 1.165) is 11.0 Å². The first kappa shape index (κ1) is 17.5. The monoisotopic (exact) mass is 335 g/mol. The average molecular weight is 335 g/mol. The maximum Gasteiger partial charge on any atom is 0.224 e. The van der Waals surface area contributed by atoms with Gasteiger partial charge in [-0.3, -0.25) is 4.79 Å². The van der Waals surface area contributed by atoms with Gasteiger partial charge in [0.15, 0.2) is 0 Å². The molecule has 1 N–H and O–H groups in total. The van der Waals surface area contributed by atoms with Crippen molar-refractivity contribution in [3.8, 4) is 0 Å². The Hall–Kier alpha value is -1.88. The second kappa shape index (κ2) is 8.11. The van der Waals surface area contributed by atoms with Gasteiger partial charge in [0.2, 0.25) is 5.91 Å². The topological polar surface area (TPSA) is 29.1 Å². The van der Waals surface area contributed by atoms with E-state index in [1.54, 1.807) is 18.7 Å². The van der Waals surface area contributed by atoms with Crippen molar-refractivity contribution in [3.05, 3.63) is 65.7 Å². The number of rotatable bonds is 6. The summed E-state index contributed by atoms with van der Waals surface area (Å²) in [4.78, 5) is 13.3. The molecule has 0 aliphatic heterocycles. The van der Waals surface area contributed by atoms with Crippen molar-refractivity contribution in [2.75, 3.05) is 5.75 Å². The van der Waals surface area contributed by atoms with Crippen LogP contribution in [-0.2, 0) is 4.79 Å². The lowest BCUT2D eigenvalue weighted by Gasteiger charge is -2.18. The Morgan fingerprint density at radius 1 is 1.13 bits per heavy atom. The number of halogens is 2. The Morgan fingerprint density at radius 2 is 1.83 bits per heavy atom. The second-order valence-electron chi connectivity index (χ2n) is 5.42. The first-order valence-corrected chi connectivity index (χ1v) is 8.39. The molecule has 0 bridgehead atoms. The summed E-state index contributed by atoms with van der Waals surface area (Å²) in [5.74, 6) is -1.01. The predicted octanol–water partition coefficient (Wildman–Crippen LogP) is 4.57. The van der Waals surface area contributed by atoms with Gasteiger partial charge in [0.05, 0.1) is 6.04 Å². The fraction of sp³-hybridized carbons (Fsp3) is 0.278. The fourth-order valence-corrected chi connectivity index (χ4v) is 3.04. The van der Waals surface area contributed by atoms with Crippen LogP contribution in [-0.4, -0.2) is 11.7 Å². The van der Waals surface area contributed by atoms with Crippen LogP contribution in [0.2, 0.25) is 0 Å². The van der Waals surface area contributed by atoms with Crippen molar-refractivity contribution in [2.24, 2.45) is 5.92 Å². The van der Waals surface area contributed by atoms with E-state index in [4.69, 9.17) is 0 Å². The summed E-state index contributed by atoms with van der Waals surface area (Å²) >= 11 is 1.60. The van der Waals surface area contributed by atoms with E-state index in [1.165, 1.54) is 12.1 Å². The highest BCUT2D eigenvalue weighted by Gasteiger charge is 2.18. The first-order valence-electron chi connectivity index (χ1n) is 7.40. The van der Waals surface area contributed by atoms with E-state index in [9.17, 15) is 13.6 Å². The maximum absolute atomic E-state index is 13.7. The van der Waals surface area contributed by atoms with Crippen LogP contribution in [0.1, 0.15) is 25.5 Å². The van der Waals surface area contributed by atoms with Crippen LogP contribution in [0.4, 0.5) is 8.78 Å². The molecular weight excluding hydrogens is 316 g/mol. The average Bonchev–Trinajstić information content (AvgIpc) is 2.53. The van der Waals surface area contributed by atoms with E-state index >= 15 is 0 Å². The third kappa shape index (κ3) is 5.06. The molecule has 5 heteroatoms. The van der Waals surface area contributed by atoms with Crippen LogP contribution < -0.4 is 5.32 Å². The van der Waals surface area contributed by atoms with Crippen molar-refractivity contribution in [2.45, 2.75) is 24.8 Å². The van der Waals surface area contributed by atoms with E-state index in [0.29, 0.717) is 5.75 Å². The molecule has 0 aromatic heterocycles. The molecule has 0 aliphatic carbocycles. The van der Waals surface area contributed by atoms with Crippen LogP contribution >= 0.6 is 11.8 Å². The number of carbonyl (C=O) groups is 1. The van der Waals surface area contributed by atoms with Crippen molar-refractivity contribution in [3.63, 3.8) is 0 Å². The largest absolute Gasteiger partial charge is 0.349 e. The molecule has 122 valence electrons. The summed E-state index contributed by atoms with van der Waals surface area (Å²) in [6.07, 6.45) is 0. The minimum atomic E-state index is -0.649. The summed E-state index contributed by atoms with van der Waals surface area (Å²) in [5, 5.41) is 2.78. The molecule has 2 aromatic carbocycles. The van der Waals surface area contributed by atoms with Crippen molar-refractivity contribution >= 4 is 17.7 Å². The van der Waals surface area contributed by atoms with Crippen molar-refractivity contribution < 1.29 is 13.6 Å². The molecule has 0 radical (unpaired) electrons. The van der Waals surface area contributed by atoms with Gasteiger partial charge in [-0.15, -0.1) is 11.8 Å². The highest BCUT2D eigenvalue weighted by atomic mass is 32.2. The van der Waals surface area contributed by atoms with Crippen LogP contribution in [0.3, 0.4) is 0 Å². The fourth-order valence-electron chi connectivity index (χ4n) is 2.10. The standard InChI is InChI=1S/C18H19F2NOS/c1-12(11-23-15-6-4-3-5-7-15)18(22)21-13(2)16-9-8-14(19)10-17(16)20/h3-10,12-13H,11H2,1-2H3,(H,21,22). The molecule has 0 saturated heterocycles. The number of hydrogen-bond donors (Lipinski definition) is 1. The zero-order valence-electron chi connectivity index (χ0n) is 13.1. The number of thioether (sulfide) groups is 1. The summed E-state index contributed by atoms with van der Waals surface area (Å²) in [6.45, 7) is 3.52. The Kier molecular flexibility index (Phi) is 6.16. The molecule has 2 rings (SSSR count). The van der Waals surface area contributed by atoms with Crippen LogP contribution in [0.25, 0.3) is 0 Å². The predicted molar refractivity (Wildman–Crippen MR) is 89.2 cm³/mol. The number of benzene rings is 2. The number of amides is 1. The Morgan fingerprint density at radius 3 is 2.48 bits per heavy atom. The summed E-state index contributed by atoms with van der Waals surface area (Å²) in [6, 6.07) is 12.7. The summed E-state index contributed by atoms with van der Waals surface area (Å²) < 4.78 is 26.7. The molecule has 2 unspecified atom stereocenters. The molecule has 1 amide bonds. The normalized spacial score (nSPS) is 13.4. The summed E-state index contributed by atoms with van der Waals surface area (Å²) in [5.41, 5.74) is 0.280. The highest BCUT2D eigenvalue weighted by molar-refractivity contribution is 7.99. The zero-order valence-corrected chi connectivity index (χ0v) is 13.9. The van der Waals surface area contributed by atoms with Gasteiger partial charge in [0.1, 0.15) is 11.6 Å². The number of nitrogens with one attached hydrogen (secondary N) is 1. The lowest BCUT2D eigenvalue weighted by Crippen LogP contribution is -2.33. The first-order chi connectivity index (χ1) is 11.0. The lowest BCUT2D eigenvalue weighted by molar-refractivity contribution is -0.124. The van der Waals surface area contributed by atoms with E-state index in [-0.39, 0.29) is 17.4 Å². The third-order valence-electron chi connectivity index (χ3n) is 3.48. The van der Waals surface area contributed by atoms with E-state index < -0.39 is 17.7 Å². The smallest absolute Gasteiger partial charge is 0.224 e. The van der Waals surface area contributed by atoms with Crippen LogP contribution in [0, 0.1) is 17.6 Å². The Labute approximate surface area is 139 Å². The van der Waals surface area contributed by atoms with Gasteiger partial charge in [-0.1, -0.05) is 31.2 Å². The molecule has 0 fully saturated rings. The quantitative estimate of drug-likeness (QED) is 0.784. The van der Waals surface area contributed by atoms with E-state index in [2.05, 4.69) is 5.32 Å². The SMILES string of the molecule is CC(CSc1ccccc1)C(=O)NC(C)c1ccc(F)cc1F. The third-order valence-corrected chi connectivity index (χ3v) is 4.75. The van der Waals surface area contributed by atoms with Crippen LogP contribution in [0.15, 0.2) is 53.4 Å². The molecular formula is C18H19F2NOS. The molecule has 0 heterocycles. The van der Waals surface area contributed by atoms with Gasteiger partial charge in [-0.25, -0.2) is 8.78 Å². The zero-order chi connectivity index (χ0) is 16.8. The van der Waals surface area contributed by atoms with Gasteiger partial charge in [-0.05, 0) is 25.1 Å². The maximum atomic E-state index is 13.7. The van der Waals surface area contributed by atoms with Gasteiger partial charge < -0.3 is 5.32 Å². The van der Waals surface area contributed by atoms with Gasteiger partial charge in [0, 0.05) is 28.2 Å². The molecule has 0 spiro atoms. The van der Waals surface area contributed by atoms with Gasteiger partial charge >= 0.3 is 0 Å². The minimum absolute atomic E-state index is 0.148. The molecule has 0 saturated carbocycles. The summed E-state index contributed by atoms with van der Waals surface area (Å²) in [7, 11) is 0. The molecule has 2 aromatic rings. The van der Waals surface area contributed by atoms with E-state index in [1.807, 2.05) is 37.3 Å². The highest BCUT2D eigenvalue weighted by Crippen LogP contribution is 2.22.